The lowest BCUT2D eigenvalue weighted by atomic mass is 10.1. The summed E-state index contributed by atoms with van der Waals surface area (Å²) in [7, 11) is 1.55. The average molecular weight is 255 g/mol. The van der Waals surface area contributed by atoms with E-state index in [1.54, 1.807) is 55.6 Å². The molecule has 0 aliphatic heterocycles. The molecule has 0 bridgehead atoms. The van der Waals surface area contributed by atoms with Crippen LogP contribution in [0.25, 0.3) is 0 Å². The number of benzene rings is 2. The van der Waals surface area contributed by atoms with Crippen LogP contribution in [0, 0.1) is 5.21 Å². The fraction of sp³-hybridized carbons (Fsp3) is 0.0667. The van der Waals surface area contributed by atoms with Crippen molar-refractivity contribution in [2.45, 2.75) is 0 Å². The van der Waals surface area contributed by atoms with E-state index in [2.05, 4.69) is 0 Å². The van der Waals surface area contributed by atoms with Gasteiger partial charge in [0.25, 0.3) is 0 Å². The van der Waals surface area contributed by atoms with Crippen molar-refractivity contribution in [2.24, 2.45) is 0 Å². The quantitative estimate of drug-likeness (QED) is 0.277. The summed E-state index contributed by atoms with van der Waals surface area (Å²) in [5.41, 5.74) is 0.863. The first-order valence-electron chi connectivity index (χ1n) is 5.75. The van der Waals surface area contributed by atoms with E-state index < -0.39 is 0 Å². The van der Waals surface area contributed by atoms with Crippen molar-refractivity contribution in [3.63, 3.8) is 0 Å². The first kappa shape index (κ1) is 12.8. The Labute approximate surface area is 111 Å². The topological polar surface area (TPSA) is 52.4 Å². The SMILES string of the molecule is COc1ccc(C(=O)/C=[N+](\[O-])c2ccccc2)cc1. The van der Waals surface area contributed by atoms with Crippen LogP contribution in [0.5, 0.6) is 5.75 Å². The van der Waals surface area contributed by atoms with Crippen LogP contribution in [-0.4, -0.2) is 23.8 Å². The summed E-state index contributed by atoms with van der Waals surface area (Å²) in [6.07, 6.45) is 1.02. The Morgan fingerprint density at radius 1 is 1.11 bits per heavy atom. The number of carbonyl (C=O) groups excluding carboxylic acids is 1. The minimum absolute atomic E-state index is 0.346. The Morgan fingerprint density at radius 3 is 2.32 bits per heavy atom. The van der Waals surface area contributed by atoms with Crippen molar-refractivity contribution < 1.29 is 14.3 Å². The maximum atomic E-state index is 11.9. The molecule has 96 valence electrons. The molecule has 2 aromatic rings. The van der Waals surface area contributed by atoms with Crippen LogP contribution >= 0.6 is 0 Å². The molecular weight excluding hydrogens is 242 g/mol. The van der Waals surface area contributed by atoms with E-state index >= 15 is 0 Å². The number of ketones is 1. The summed E-state index contributed by atoms with van der Waals surface area (Å²) in [6, 6.07) is 15.2. The third kappa shape index (κ3) is 3.19. The maximum absolute atomic E-state index is 11.9. The van der Waals surface area contributed by atoms with E-state index in [4.69, 9.17) is 4.74 Å². The first-order valence-corrected chi connectivity index (χ1v) is 5.75. The van der Waals surface area contributed by atoms with Crippen LogP contribution in [0.2, 0.25) is 0 Å². The molecule has 0 aromatic heterocycles. The molecule has 2 aromatic carbocycles. The molecular formula is C15H13NO3. The number of Topliss-reactive ketones (excluding diaryl/α,β-unsaturated/α-hetero) is 1. The smallest absolute Gasteiger partial charge is 0.250 e. The van der Waals surface area contributed by atoms with Gasteiger partial charge in [0.1, 0.15) is 5.75 Å². The second-order valence-corrected chi connectivity index (χ2v) is 3.88. The van der Waals surface area contributed by atoms with Crippen molar-refractivity contribution in [3.8, 4) is 5.75 Å². The lowest BCUT2D eigenvalue weighted by Crippen LogP contribution is -2.08. The molecule has 0 aliphatic rings. The van der Waals surface area contributed by atoms with Crippen molar-refractivity contribution in [2.75, 3.05) is 7.11 Å². The normalized spacial score (nSPS) is 11.1. The Hall–Kier alpha value is -2.62. The number of hydrogen-bond acceptors (Lipinski definition) is 3. The molecule has 2 rings (SSSR count). The van der Waals surface area contributed by atoms with Crippen LogP contribution in [0.1, 0.15) is 10.4 Å². The minimum Gasteiger partial charge on any atom is -0.618 e. The predicted molar refractivity (Wildman–Crippen MR) is 73.1 cm³/mol. The fourth-order valence-corrected chi connectivity index (χ4v) is 1.59. The Kier molecular flexibility index (Phi) is 3.93. The summed E-state index contributed by atoms with van der Waals surface area (Å²) in [5.74, 6) is 0.320. The largest absolute Gasteiger partial charge is 0.618 e. The molecule has 0 saturated carbocycles. The Balaban J connectivity index is 2.20. The van der Waals surface area contributed by atoms with E-state index in [0.29, 0.717) is 21.7 Å². The zero-order chi connectivity index (χ0) is 13.7. The molecule has 0 atom stereocenters. The molecule has 0 N–H and O–H groups in total. The van der Waals surface area contributed by atoms with E-state index in [1.165, 1.54) is 0 Å². The molecule has 0 radical (unpaired) electrons. The first-order chi connectivity index (χ1) is 9.20. The van der Waals surface area contributed by atoms with E-state index in [0.717, 1.165) is 6.21 Å². The molecule has 19 heavy (non-hydrogen) atoms. The van der Waals surface area contributed by atoms with Gasteiger partial charge in [0, 0.05) is 17.7 Å². The summed E-state index contributed by atoms with van der Waals surface area (Å²) in [4.78, 5) is 11.9. The molecule has 0 heterocycles. The van der Waals surface area contributed by atoms with Crippen LogP contribution in [0.3, 0.4) is 0 Å². The number of hydrogen-bond donors (Lipinski definition) is 0. The zero-order valence-corrected chi connectivity index (χ0v) is 10.4. The van der Waals surface area contributed by atoms with E-state index in [-0.39, 0.29) is 5.78 Å². The van der Waals surface area contributed by atoms with Crippen LogP contribution in [-0.2, 0) is 0 Å². The number of para-hydroxylation sites is 1. The minimum atomic E-state index is -0.346. The van der Waals surface area contributed by atoms with Gasteiger partial charge in [-0.1, -0.05) is 18.2 Å². The lowest BCUT2D eigenvalue weighted by Gasteiger charge is -2.02. The molecule has 0 unspecified atom stereocenters. The van der Waals surface area contributed by atoms with Crippen molar-refractivity contribution >= 4 is 17.7 Å². The van der Waals surface area contributed by atoms with E-state index in [1.807, 2.05) is 6.07 Å². The van der Waals surface area contributed by atoms with Crippen LogP contribution in [0.4, 0.5) is 5.69 Å². The zero-order valence-electron chi connectivity index (χ0n) is 10.4. The molecule has 0 amide bonds. The standard InChI is InChI=1S/C15H13NO3/c1-19-14-9-7-12(8-10-14)15(17)11-16(18)13-5-3-2-4-6-13/h2-11H,1H3/b16-11-. The lowest BCUT2D eigenvalue weighted by molar-refractivity contribution is -0.353. The maximum Gasteiger partial charge on any atom is 0.250 e. The van der Waals surface area contributed by atoms with Crippen molar-refractivity contribution in [3.05, 3.63) is 65.4 Å². The van der Waals surface area contributed by atoms with Gasteiger partial charge in [0.15, 0.2) is 0 Å². The van der Waals surface area contributed by atoms with E-state index in [9.17, 15) is 10.0 Å². The van der Waals surface area contributed by atoms with Crippen molar-refractivity contribution in [1.82, 2.24) is 0 Å². The summed E-state index contributed by atoms with van der Waals surface area (Å²) < 4.78 is 5.57. The van der Waals surface area contributed by atoms with Crippen LogP contribution in [0.15, 0.2) is 54.6 Å². The van der Waals surface area contributed by atoms with Gasteiger partial charge < -0.3 is 9.94 Å². The van der Waals surface area contributed by atoms with Gasteiger partial charge in [-0.15, -0.1) is 0 Å². The highest BCUT2D eigenvalue weighted by Crippen LogP contribution is 2.12. The molecule has 0 spiro atoms. The van der Waals surface area contributed by atoms with Gasteiger partial charge >= 0.3 is 0 Å². The highest BCUT2D eigenvalue weighted by atomic mass is 16.5. The number of rotatable bonds is 4. The number of methoxy groups -OCH3 is 1. The van der Waals surface area contributed by atoms with Gasteiger partial charge in [-0.2, -0.15) is 4.74 Å². The monoisotopic (exact) mass is 255 g/mol. The van der Waals surface area contributed by atoms with Gasteiger partial charge in [-0.25, -0.2) is 0 Å². The summed E-state index contributed by atoms with van der Waals surface area (Å²) in [6.45, 7) is 0. The van der Waals surface area contributed by atoms with Gasteiger partial charge in [-0.05, 0) is 24.3 Å². The summed E-state index contributed by atoms with van der Waals surface area (Å²) in [5, 5.41) is 11.8. The summed E-state index contributed by atoms with van der Waals surface area (Å²) >= 11 is 0. The Bertz CT molecular complexity index is 589. The van der Waals surface area contributed by atoms with Gasteiger partial charge in [-0.3, -0.25) is 4.79 Å². The highest BCUT2D eigenvalue weighted by molar-refractivity contribution is 6.33. The highest BCUT2D eigenvalue weighted by Gasteiger charge is 2.08. The molecule has 0 aliphatic carbocycles. The van der Waals surface area contributed by atoms with Gasteiger partial charge in [0.2, 0.25) is 17.7 Å². The van der Waals surface area contributed by atoms with Gasteiger partial charge in [0.05, 0.1) is 7.11 Å². The average Bonchev–Trinajstić information content (AvgIpc) is 2.48. The number of ether oxygens (including phenoxy) is 1. The molecule has 0 fully saturated rings. The second kappa shape index (κ2) is 5.82. The Morgan fingerprint density at radius 2 is 1.74 bits per heavy atom. The third-order valence-corrected chi connectivity index (χ3v) is 2.62. The van der Waals surface area contributed by atoms with Crippen LogP contribution < -0.4 is 4.74 Å². The molecule has 4 nitrogen and oxygen atoms in total. The fourth-order valence-electron chi connectivity index (χ4n) is 1.59. The molecule has 0 saturated heterocycles. The van der Waals surface area contributed by atoms with Crippen molar-refractivity contribution in [1.29, 1.82) is 0 Å². The number of nitrogens with zero attached hydrogens (tertiary/aromatic N) is 1. The second-order valence-electron chi connectivity index (χ2n) is 3.88. The number of carbonyl (C=O) groups is 1. The predicted octanol–water partition coefficient (Wildman–Crippen LogP) is 2.79. The molecule has 4 heteroatoms. The third-order valence-electron chi connectivity index (χ3n) is 2.62.